The number of fused-ring (bicyclic) bond motifs is 1. The Hall–Kier alpha value is -2.54. The van der Waals surface area contributed by atoms with E-state index < -0.39 is 21.9 Å². The zero-order chi connectivity index (χ0) is 23.4. The zero-order valence-corrected chi connectivity index (χ0v) is 20.4. The summed E-state index contributed by atoms with van der Waals surface area (Å²) in [5.74, 6) is 7.22. The molecule has 174 valence electrons. The number of hydrogen-bond donors (Lipinski definition) is 0. The van der Waals surface area contributed by atoms with Gasteiger partial charge in [0.25, 0.3) is 10.0 Å². The number of amidine groups is 1. The highest BCUT2D eigenvalue weighted by molar-refractivity contribution is 7.91. The van der Waals surface area contributed by atoms with Crippen LogP contribution < -0.4 is 0 Å². The molecule has 6 rings (SSSR count). The topological polar surface area (TPSA) is 75.0 Å². The van der Waals surface area contributed by atoms with Crippen LogP contribution in [0.4, 0.5) is 4.39 Å². The molecule has 2 aliphatic heterocycles. The number of halogens is 2. The van der Waals surface area contributed by atoms with Gasteiger partial charge in [-0.1, -0.05) is 29.5 Å². The van der Waals surface area contributed by atoms with Gasteiger partial charge >= 0.3 is 0 Å². The van der Waals surface area contributed by atoms with E-state index in [9.17, 15) is 12.8 Å². The van der Waals surface area contributed by atoms with Gasteiger partial charge in [-0.25, -0.2) is 17.8 Å². The van der Waals surface area contributed by atoms with Crippen molar-refractivity contribution in [1.29, 1.82) is 0 Å². The minimum atomic E-state index is -3.51. The van der Waals surface area contributed by atoms with E-state index in [4.69, 9.17) is 16.6 Å². The van der Waals surface area contributed by atoms with Gasteiger partial charge in [0, 0.05) is 40.2 Å². The van der Waals surface area contributed by atoms with Crippen molar-refractivity contribution < 1.29 is 12.8 Å². The molecule has 6 nitrogen and oxygen atoms in total. The average molecular weight is 515 g/mol. The van der Waals surface area contributed by atoms with Crippen molar-refractivity contribution in [1.82, 2.24) is 9.88 Å². The Balaban J connectivity index is 1.51. The lowest BCUT2D eigenvalue weighted by molar-refractivity contribution is 0.571. The SMILES string of the molecule is O=S(=O)(N=C1CC2=C(C#CC3CC3)[C@@H](c3ccc(F)cc3Cl)N=C(c3nccs3)N2C1)C1CC1. The maximum atomic E-state index is 13.8. The Morgan fingerprint density at radius 2 is 2.06 bits per heavy atom. The number of thiazole rings is 1. The van der Waals surface area contributed by atoms with E-state index in [1.807, 2.05) is 10.3 Å². The fourth-order valence-electron chi connectivity index (χ4n) is 4.16. The van der Waals surface area contributed by atoms with Gasteiger partial charge in [0.05, 0.1) is 23.1 Å². The van der Waals surface area contributed by atoms with Gasteiger partial charge in [0.1, 0.15) is 11.9 Å². The van der Waals surface area contributed by atoms with Crippen LogP contribution in [0.25, 0.3) is 0 Å². The molecule has 3 heterocycles. The van der Waals surface area contributed by atoms with Crippen LogP contribution in [-0.2, 0) is 10.0 Å². The molecule has 0 N–H and O–H groups in total. The number of allylic oxidation sites excluding steroid dienone is 1. The Bertz CT molecular complexity index is 1430. The Morgan fingerprint density at radius 3 is 2.74 bits per heavy atom. The minimum Gasteiger partial charge on any atom is -0.321 e. The third kappa shape index (κ3) is 4.19. The van der Waals surface area contributed by atoms with Crippen LogP contribution in [0.2, 0.25) is 5.02 Å². The first-order valence-corrected chi connectivity index (χ1v) is 13.9. The van der Waals surface area contributed by atoms with E-state index in [0.717, 1.165) is 24.1 Å². The lowest BCUT2D eigenvalue weighted by Crippen LogP contribution is -2.33. The van der Waals surface area contributed by atoms with Crippen LogP contribution in [0.5, 0.6) is 0 Å². The molecule has 1 aromatic heterocycles. The van der Waals surface area contributed by atoms with Gasteiger partial charge in [-0.15, -0.1) is 11.3 Å². The molecule has 0 amide bonds. The Labute approximate surface area is 206 Å². The van der Waals surface area contributed by atoms with Crippen LogP contribution in [0.15, 0.2) is 50.4 Å². The molecule has 1 saturated heterocycles. The lowest BCUT2D eigenvalue weighted by Gasteiger charge is -2.30. The van der Waals surface area contributed by atoms with Crippen LogP contribution >= 0.6 is 22.9 Å². The predicted molar refractivity (Wildman–Crippen MR) is 131 cm³/mol. The smallest absolute Gasteiger partial charge is 0.256 e. The molecular weight excluding hydrogens is 495 g/mol. The van der Waals surface area contributed by atoms with Crippen molar-refractivity contribution in [3.8, 4) is 11.8 Å². The molecule has 4 aliphatic rings. The van der Waals surface area contributed by atoms with Crippen molar-refractivity contribution in [3.63, 3.8) is 0 Å². The Morgan fingerprint density at radius 1 is 1.24 bits per heavy atom. The van der Waals surface area contributed by atoms with Gasteiger partial charge in [-0.3, -0.25) is 4.99 Å². The number of aromatic nitrogens is 1. The zero-order valence-electron chi connectivity index (χ0n) is 18.0. The third-order valence-corrected chi connectivity index (χ3v) is 9.12. The minimum absolute atomic E-state index is 0.273. The molecule has 0 spiro atoms. The molecule has 1 aromatic carbocycles. The van der Waals surface area contributed by atoms with Crippen molar-refractivity contribution in [2.45, 2.75) is 43.4 Å². The summed E-state index contributed by atoms with van der Waals surface area (Å²) in [6.45, 7) is 0.318. The first kappa shape index (κ1) is 22.0. The number of nitrogens with zero attached hydrogens (tertiary/aromatic N) is 4. The van der Waals surface area contributed by atoms with E-state index in [1.54, 1.807) is 12.3 Å². The normalized spacial score (nSPS) is 23.6. The summed E-state index contributed by atoms with van der Waals surface area (Å²) in [4.78, 5) is 11.4. The average Bonchev–Trinajstić information content (AvgIpc) is 3.71. The number of rotatable bonds is 4. The second kappa shape index (κ2) is 8.29. The fraction of sp³-hybridized carbons (Fsp3) is 0.375. The van der Waals surface area contributed by atoms with Gasteiger partial charge in [-0.05, 0) is 37.8 Å². The maximum Gasteiger partial charge on any atom is 0.256 e. The highest BCUT2D eigenvalue weighted by atomic mass is 35.5. The molecule has 0 radical (unpaired) electrons. The Kier molecular flexibility index (Phi) is 5.36. The largest absolute Gasteiger partial charge is 0.321 e. The molecule has 10 heteroatoms. The second-order valence-electron chi connectivity index (χ2n) is 8.90. The van der Waals surface area contributed by atoms with E-state index in [1.165, 1.54) is 23.5 Å². The van der Waals surface area contributed by atoms with Gasteiger partial charge in [-0.2, -0.15) is 4.40 Å². The molecular formula is C24H20ClFN4O2S2. The number of aliphatic imine (C=N–C) groups is 1. The first-order chi connectivity index (χ1) is 16.4. The highest BCUT2D eigenvalue weighted by Gasteiger charge is 2.41. The summed E-state index contributed by atoms with van der Waals surface area (Å²) in [7, 11) is -3.51. The van der Waals surface area contributed by atoms with E-state index in [2.05, 4.69) is 21.2 Å². The van der Waals surface area contributed by atoms with Crippen LogP contribution in [0, 0.1) is 23.6 Å². The summed E-state index contributed by atoms with van der Waals surface area (Å²) in [5.41, 5.74) is 2.85. The molecule has 34 heavy (non-hydrogen) atoms. The molecule has 0 unspecified atom stereocenters. The van der Waals surface area contributed by atoms with Crippen molar-refractivity contribution in [2.75, 3.05) is 6.54 Å². The predicted octanol–water partition coefficient (Wildman–Crippen LogP) is 4.74. The standard InChI is InChI=1S/C24H20ClFN4O2S2/c25-20-11-15(26)4-8-18(20)22-19(7-3-14-1-2-14)21-12-16(29-34(31,32)17-5-6-17)13-30(21)23(28-22)24-27-9-10-33-24/h4,8-11,14,17,22H,1-2,5-6,12-13H2/t22-/m1/s1. The quantitative estimate of drug-likeness (QED) is 0.552. The summed E-state index contributed by atoms with van der Waals surface area (Å²) in [6.07, 6.45) is 5.54. The summed E-state index contributed by atoms with van der Waals surface area (Å²) in [6, 6.07) is 3.75. The molecule has 1 atom stereocenters. The molecule has 2 aliphatic carbocycles. The van der Waals surface area contributed by atoms with Crippen molar-refractivity contribution >= 4 is 44.5 Å². The molecule has 0 bridgehead atoms. The second-order valence-corrected chi connectivity index (χ2v) is 12.1. The van der Waals surface area contributed by atoms with E-state index in [-0.39, 0.29) is 10.3 Å². The first-order valence-electron chi connectivity index (χ1n) is 11.2. The molecule has 2 saturated carbocycles. The summed E-state index contributed by atoms with van der Waals surface area (Å²) >= 11 is 7.91. The van der Waals surface area contributed by atoms with Gasteiger partial charge in [0.2, 0.25) is 0 Å². The van der Waals surface area contributed by atoms with Crippen molar-refractivity contribution in [2.24, 2.45) is 15.3 Å². The number of hydrogen-bond acceptors (Lipinski definition) is 6. The summed E-state index contributed by atoms with van der Waals surface area (Å²) < 4.78 is 43.2. The van der Waals surface area contributed by atoms with Gasteiger partial charge < -0.3 is 4.90 Å². The van der Waals surface area contributed by atoms with E-state index in [0.29, 0.717) is 53.8 Å². The highest BCUT2D eigenvalue weighted by Crippen LogP contribution is 2.42. The van der Waals surface area contributed by atoms with E-state index >= 15 is 0 Å². The molecule has 3 fully saturated rings. The third-order valence-electron chi connectivity index (χ3n) is 6.20. The van der Waals surface area contributed by atoms with Crippen LogP contribution in [0.3, 0.4) is 0 Å². The maximum absolute atomic E-state index is 13.8. The number of benzene rings is 1. The van der Waals surface area contributed by atoms with Crippen LogP contribution in [0.1, 0.15) is 48.7 Å². The summed E-state index contributed by atoms with van der Waals surface area (Å²) in [5, 5.41) is 2.49. The fourth-order valence-corrected chi connectivity index (χ4v) is 6.44. The number of sulfonamides is 1. The van der Waals surface area contributed by atoms with Gasteiger partial charge in [0.15, 0.2) is 10.8 Å². The van der Waals surface area contributed by atoms with Crippen LogP contribution in [-0.4, -0.2) is 41.6 Å². The lowest BCUT2D eigenvalue weighted by atomic mass is 9.94. The molecule has 2 aromatic rings. The van der Waals surface area contributed by atoms with Crippen molar-refractivity contribution in [3.05, 3.63) is 62.5 Å². The monoisotopic (exact) mass is 514 g/mol.